The molecule has 2 atom stereocenters. The molecule has 1 N–H and O–H groups in total. The highest BCUT2D eigenvalue weighted by atomic mass is 16.6. The number of hydrogen-bond acceptors (Lipinski definition) is 7. The van der Waals surface area contributed by atoms with E-state index in [0.717, 1.165) is 6.07 Å². The molecule has 1 aromatic carbocycles. The van der Waals surface area contributed by atoms with Crippen LogP contribution in [-0.2, 0) is 18.9 Å². The van der Waals surface area contributed by atoms with Crippen molar-refractivity contribution in [3.8, 4) is 0 Å². The maximum Gasteiger partial charge on any atom is 0.339 e. The SMILES string of the molecule is O=C(O)c1ccc(C(=O)OCC2CO2)c(C(=O)OCC2CO2)c1. The highest BCUT2D eigenvalue weighted by Crippen LogP contribution is 2.18. The van der Waals surface area contributed by atoms with Gasteiger partial charge >= 0.3 is 17.9 Å². The zero-order chi connectivity index (χ0) is 16.4. The largest absolute Gasteiger partial charge is 0.478 e. The quantitative estimate of drug-likeness (QED) is 0.570. The van der Waals surface area contributed by atoms with Gasteiger partial charge < -0.3 is 24.1 Å². The lowest BCUT2D eigenvalue weighted by molar-refractivity contribution is 0.0430. The van der Waals surface area contributed by atoms with Gasteiger partial charge in [0.15, 0.2) is 0 Å². The van der Waals surface area contributed by atoms with Crippen LogP contribution in [0, 0.1) is 0 Å². The molecule has 0 amide bonds. The molecule has 2 saturated heterocycles. The molecule has 2 fully saturated rings. The first kappa shape index (κ1) is 15.4. The number of benzene rings is 1. The van der Waals surface area contributed by atoms with Crippen molar-refractivity contribution < 1.29 is 38.4 Å². The van der Waals surface area contributed by atoms with Gasteiger partial charge in [-0.05, 0) is 18.2 Å². The van der Waals surface area contributed by atoms with Crippen LogP contribution in [0.5, 0.6) is 0 Å². The number of epoxide rings is 2. The number of aromatic carboxylic acids is 1. The number of carboxylic acids is 1. The van der Waals surface area contributed by atoms with Crippen LogP contribution < -0.4 is 0 Å². The van der Waals surface area contributed by atoms with E-state index in [9.17, 15) is 14.4 Å². The minimum absolute atomic E-state index is 0.0441. The summed E-state index contributed by atoms with van der Waals surface area (Å²) < 4.78 is 19.9. The second-order valence-corrected chi connectivity index (χ2v) is 5.17. The number of carboxylic acid groups (broad SMARTS) is 1. The molecule has 2 heterocycles. The molecule has 2 aliphatic heterocycles. The molecule has 2 aliphatic rings. The number of rotatable bonds is 7. The van der Waals surface area contributed by atoms with E-state index in [1.807, 2.05) is 0 Å². The van der Waals surface area contributed by atoms with Crippen molar-refractivity contribution in [1.82, 2.24) is 0 Å². The van der Waals surface area contributed by atoms with Crippen LogP contribution >= 0.6 is 0 Å². The highest BCUT2D eigenvalue weighted by Gasteiger charge is 2.28. The number of carbonyl (C=O) groups excluding carboxylic acids is 2. The van der Waals surface area contributed by atoms with Crippen LogP contribution in [0.2, 0.25) is 0 Å². The molecule has 0 aromatic heterocycles. The van der Waals surface area contributed by atoms with Crippen molar-refractivity contribution in [3.05, 3.63) is 34.9 Å². The molecule has 0 radical (unpaired) electrons. The predicted octanol–water partition coefficient (Wildman–Crippen LogP) is 0.496. The average Bonchev–Trinajstić information content (AvgIpc) is 3.44. The van der Waals surface area contributed by atoms with E-state index < -0.39 is 17.9 Å². The summed E-state index contributed by atoms with van der Waals surface area (Å²) in [6.07, 6.45) is -0.247. The summed E-state index contributed by atoms with van der Waals surface area (Å²) in [6, 6.07) is 3.57. The van der Waals surface area contributed by atoms with Gasteiger partial charge in [0.2, 0.25) is 0 Å². The second kappa shape index (κ2) is 6.35. The molecule has 8 nitrogen and oxygen atoms in total. The molecular formula is C15H14O8. The fraction of sp³-hybridized carbons (Fsp3) is 0.400. The van der Waals surface area contributed by atoms with Crippen LogP contribution in [0.25, 0.3) is 0 Å². The van der Waals surface area contributed by atoms with Crippen molar-refractivity contribution >= 4 is 17.9 Å². The maximum absolute atomic E-state index is 12.1. The Labute approximate surface area is 130 Å². The smallest absolute Gasteiger partial charge is 0.339 e. The van der Waals surface area contributed by atoms with Crippen molar-refractivity contribution in [3.63, 3.8) is 0 Å². The zero-order valence-electron chi connectivity index (χ0n) is 12.0. The summed E-state index contributed by atoms with van der Waals surface area (Å²) >= 11 is 0. The lowest BCUT2D eigenvalue weighted by Crippen LogP contribution is -2.18. The van der Waals surface area contributed by atoms with Crippen molar-refractivity contribution in [1.29, 1.82) is 0 Å². The molecule has 0 bridgehead atoms. The van der Waals surface area contributed by atoms with Gasteiger partial charge in [0, 0.05) is 0 Å². The van der Waals surface area contributed by atoms with Crippen LogP contribution in [0.4, 0.5) is 0 Å². The van der Waals surface area contributed by atoms with Crippen molar-refractivity contribution in [2.75, 3.05) is 26.4 Å². The molecule has 2 unspecified atom stereocenters. The molecule has 23 heavy (non-hydrogen) atoms. The molecule has 1 aromatic rings. The van der Waals surface area contributed by atoms with Gasteiger partial charge in [-0.15, -0.1) is 0 Å². The molecule has 3 rings (SSSR count). The predicted molar refractivity (Wildman–Crippen MR) is 73.4 cm³/mol. The second-order valence-electron chi connectivity index (χ2n) is 5.17. The van der Waals surface area contributed by atoms with Crippen LogP contribution in [0.3, 0.4) is 0 Å². The normalized spacial score (nSPS) is 21.4. The van der Waals surface area contributed by atoms with Crippen molar-refractivity contribution in [2.45, 2.75) is 12.2 Å². The Hall–Kier alpha value is -2.45. The number of hydrogen-bond donors (Lipinski definition) is 1. The highest BCUT2D eigenvalue weighted by molar-refractivity contribution is 6.05. The van der Waals surface area contributed by atoms with Gasteiger partial charge in [0.05, 0.1) is 29.9 Å². The van der Waals surface area contributed by atoms with E-state index in [1.54, 1.807) is 0 Å². The third-order valence-electron chi connectivity index (χ3n) is 3.31. The summed E-state index contributed by atoms with van der Waals surface area (Å²) in [5, 5.41) is 9.03. The Morgan fingerprint density at radius 1 is 1.00 bits per heavy atom. The lowest BCUT2D eigenvalue weighted by Gasteiger charge is -2.10. The molecule has 0 saturated carbocycles. The topological polar surface area (TPSA) is 115 Å². The van der Waals surface area contributed by atoms with Crippen LogP contribution in [0.1, 0.15) is 31.1 Å². The van der Waals surface area contributed by atoms with E-state index in [4.69, 9.17) is 24.1 Å². The Morgan fingerprint density at radius 2 is 1.52 bits per heavy atom. The Bertz CT molecular complexity index is 645. The average molecular weight is 322 g/mol. The number of ether oxygens (including phenoxy) is 4. The molecular weight excluding hydrogens is 308 g/mol. The van der Waals surface area contributed by atoms with Crippen molar-refractivity contribution in [2.24, 2.45) is 0 Å². The van der Waals surface area contributed by atoms with Gasteiger partial charge in [-0.3, -0.25) is 0 Å². The summed E-state index contributed by atoms with van der Waals surface area (Å²) in [4.78, 5) is 35.3. The lowest BCUT2D eigenvalue weighted by atomic mass is 10.0. The third-order valence-corrected chi connectivity index (χ3v) is 3.31. The molecule has 122 valence electrons. The van der Waals surface area contributed by atoms with E-state index in [-0.39, 0.29) is 42.1 Å². The Kier molecular flexibility index (Phi) is 4.26. The van der Waals surface area contributed by atoms with E-state index in [1.165, 1.54) is 12.1 Å². The van der Waals surface area contributed by atoms with Gasteiger partial charge in [0.1, 0.15) is 25.4 Å². The monoisotopic (exact) mass is 322 g/mol. The van der Waals surface area contributed by atoms with Gasteiger partial charge in [0.25, 0.3) is 0 Å². The molecule has 8 heteroatoms. The molecule has 0 spiro atoms. The Balaban J connectivity index is 1.78. The van der Waals surface area contributed by atoms with E-state index in [2.05, 4.69) is 0 Å². The van der Waals surface area contributed by atoms with E-state index in [0.29, 0.717) is 13.2 Å². The van der Waals surface area contributed by atoms with Gasteiger partial charge in [-0.1, -0.05) is 0 Å². The number of carbonyl (C=O) groups is 3. The summed E-state index contributed by atoms with van der Waals surface area (Å²) in [6.45, 7) is 1.19. The summed E-state index contributed by atoms with van der Waals surface area (Å²) in [5.74, 6) is -2.74. The van der Waals surface area contributed by atoms with Gasteiger partial charge in [-0.25, -0.2) is 14.4 Å². The first-order valence-corrected chi connectivity index (χ1v) is 6.99. The fourth-order valence-electron chi connectivity index (χ4n) is 1.85. The maximum atomic E-state index is 12.1. The molecule has 0 aliphatic carbocycles. The summed E-state index contributed by atoms with van der Waals surface area (Å²) in [5.41, 5.74) is -0.314. The third kappa shape index (κ3) is 4.05. The standard InChI is InChI=1S/C15H14O8/c16-13(17)8-1-2-11(14(18)22-6-9-4-20-9)12(3-8)15(19)23-7-10-5-21-10/h1-3,9-10H,4-7H2,(H,16,17). The number of esters is 2. The summed E-state index contributed by atoms with van der Waals surface area (Å²) in [7, 11) is 0. The minimum atomic E-state index is -1.21. The van der Waals surface area contributed by atoms with Crippen LogP contribution in [0.15, 0.2) is 18.2 Å². The van der Waals surface area contributed by atoms with E-state index >= 15 is 0 Å². The van der Waals surface area contributed by atoms with Crippen LogP contribution in [-0.4, -0.2) is 61.6 Å². The minimum Gasteiger partial charge on any atom is -0.478 e. The fourth-order valence-corrected chi connectivity index (χ4v) is 1.85. The first-order chi connectivity index (χ1) is 11.0. The van der Waals surface area contributed by atoms with Gasteiger partial charge in [-0.2, -0.15) is 0 Å². The first-order valence-electron chi connectivity index (χ1n) is 6.99. The zero-order valence-corrected chi connectivity index (χ0v) is 12.0. The Morgan fingerprint density at radius 3 is 2.00 bits per heavy atom.